The molecule has 0 N–H and O–H groups in total. The number of aromatic nitrogens is 12. The van der Waals surface area contributed by atoms with E-state index in [1.54, 1.807) is 0 Å². The van der Waals surface area contributed by atoms with Crippen molar-refractivity contribution in [2.24, 2.45) is 0 Å². The SMILES string of the molecule is CC(C)(C)OCCn1cnc2ccccc21.CC(C)OCCn1cnc2ccccc21.CCCOCCn1cnc2ccccc21.CCOCCn1c(-c2ccccc2)nc2ccccc21.CCOCCn1c(CC)nc2ccccc21.c1ccc2c(c1)ncn2CCOC1CCCCC1. The monoisotopic (exact) mass is 1350 g/mol. The fourth-order valence-electron chi connectivity index (χ4n) is 11.9. The number of para-hydroxylation sites is 12. The maximum Gasteiger partial charge on any atom is 0.141 e. The Labute approximate surface area is 591 Å². The molecule has 0 unspecified atom stereocenters. The van der Waals surface area contributed by atoms with Crippen LogP contribution in [0.25, 0.3) is 77.6 Å². The lowest BCUT2D eigenvalue weighted by atomic mass is 9.98. The Morgan fingerprint density at radius 1 is 0.400 bits per heavy atom. The van der Waals surface area contributed by atoms with Crippen molar-refractivity contribution in [2.75, 3.05) is 59.5 Å². The van der Waals surface area contributed by atoms with Crippen LogP contribution < -0.4 is 0 Å². The van der Waals surface area contributed by atoms with Crippen molar-refractivity contribution in [1.82, 2.24) is 57.3 Å². The number of fused-ring (bicyclic) bond motifs is 6. The summed E-state index contributed by atoms with van der Waals surface area (Å²) in [7, 11) is 0. The lowest BCUT2D eigenvalue weighted by molar-refractivity contribution is -0.00650. The number of benzene rings is 7. The fourth-order valence-corrected chi connectivity index (χ4v) is 11.9. The highest BCUT2D eigenvalue weighted by Gasteiger charge is 2.16. The van der Waals surface area contributed by atoms with Gasteiger partial charge in [-0.3, -0.25) is 0 Å². The van der Waals surface area contributed by atoms with Crippen LogP contribution in [0, 0.1) is 0 Å². The molecule has 1 saturated carbocycles. The van der Waals surface area contributed by atoms with E-state index in [4.69, 9.17) is 33.4 Å². The van der Waals surface area contributed by atoms with E-state index in [-0.39, 0.29) is 5.60 Å². The summed E-state index contributed by atoms with van der Waals surface area (Å²) >= 11 is 0. The first-order valence-electron chi connectivity index (χ1n) is 36.1. The Balaban J connectivity index is 0.000000140. The molecule has 0 aliphatic heterocycles. The molecule has 1 aliphatic carbocycles. The zero-order chi connectivity index (χ0) is 70.2. The Morgan fingerprint density at radius 2 is 0.800 bits per heavy atom. The van der Waals surface area contributed by atoms with Crippen molar-refractivity contribution in [3.05, 3.63) is 207 Å². The topological polar surface area (TPSA) is 162 Å². The van der Waals surface area contributed by atoms with E-state index >= 15 is 0 Å². The molecule has 0 radical (unpaired) electrons. The van der Waals surface area contributed by atoms with Gasteiger partial charge in [-0.2, -0.15) is 0 Å². The summed E-state index contributed by atoms with van der Waals surface area (Å²) in [4.78, 5) is 26.8. The predicted octanol–water partition coefficient (Wildman–Crippen LogP) is 17.5. The molecule has 0 saturated heterocycles. The standard InChI is InChI=1S/C17H18N2O.C15H20N2O.2C13H18N2O.2C12H16N2O/c1-2-20-13-12-19-16-11-7-6-10-15(16)18-17(19)14-8-4-3-5-9-14;1-2-6-13(7-3-1)18-11-10-17-12-16-14-8-4-5-9-15(14)17;1-13(2,3)16-9-8-15-10-14-11-6-4-5-7-12(11)15;1-3-13-14-11-7-5-6-8-12(11)15(13)9-10-16-4-2;1-10(2)15-8-7-14-9-13-11-5-3-4-6-12(11)14;1-2-8-15-9-7-14-10-13-11-5-3-4-6-12(11)14/h3-11H,2,12-13H2,1H3;4-5,8-9,12-13H,1-3,6-7,10-11H2;4-7,10H,8-9H2,1-3H3;5-8H,3-4,9-10H2,1-2H3;3-6,9-10H,7-8H2,1-2H3;3-6,10H,2,7-9H2,1H3. The number of hydrogen-bond donors (Lipinski definition) is 0. The summed E-state index contributed by atoms with van der Waals surface area (Å²) in [6, 6.07) is 59.5. The maximum atomic E-state index is 5.96. The quantitative estimate of drug-likeness (QED) is 0.0472. The first-order chi connectivity index (χ1) is 48.9. The van der Waals surface area contributed by atoms with Crippen LogP contribution in [0.3, 0.4) is 0 Å². The van der Waals surface area contributed by atoms with Crippen molar-refractivity contribution in [3.63, 3.8) is 0 Å². The normalized spacial score (nSPS) is 12.4. The van der Waals surface area contributed by atoms with E-state index in [0.717, 1.165) is 154 Å². The van der Waals surface area contributed by atoms with Crippen LogP contribution in [0.15, 0.2) is 201 Å². The Hall–Kier alpha value is -8.88. The molecule has 530 valence electrons. The number of aryl methyl sites for hydroxylation is 1. The molecule has 0 spiro atoms. The Bertz CT molecular complexity index is 4420. The highest BCUT2D eigenvalue weighted by Crippen LogP contribution is 2.26. The summed E-state index contributed by atoms with van der Waals surface area (Å²) < 4.78 is 46.6. The molecule has 14 rings (SSSR count). The highest BCUT2D eigenvalue weighted by atomic mass is 16.5. The summed E-state index contributed by atoms with van der Waals surface area (Å²) in [5.74, 6) is 2.15. The van der Waals surface area contributed by atoms with Gasteiger partial charge in [-0.1, -0.05) is 136 Å². The molecule has 100 heavy (non-hydrogen) atoms. The minimum atomic E-state index is -0.0730. The number of rotatable bonds is 26. The van der Waals surface area contributed by atoms with Gasteiger partial charge in [-0.25, -0.2) is 29.9 Å². The first kappa shape index (κ1) is 75.3. The zero-order valence-corrected chi connectivity index (χ0v) is 60.6. The van der Waals surface area contributed by atoms with Crippen LogP contribution in [0.2, 0.25) is 0 Å². The third kappa shape index (κ3) is 22.8. The highest BCUT2D eigenvalue weighted by molar-refractivity contribution is 5.81. The van der Waals surface area contributed by atoms with Crippen LogP contribution in [-0.2, 0) is 74.1 Å². The number of ether oxygens (including phenoxy) is 6. The first-order valence-corrected chi connectivity index (χ1v) is 36.1. The molecule has 13 aromatic rings. The molecule has 18 heteroatoms. The summed E-state index contributed by atoms with van der Waals surface area (Å²) in [6.07, 6.45) is 16.9. The van der Waals surface area contributed by atoms with Gasteiger partial charge in [0.15, 0.2) is 0 Å². The minimum Gasteiger partial charge on any atom is -0.380 e. The van der Waals surface area contributed by atoms with E-state index in [9.17, 15) is 0 Å². The summed E-state index contributed by atoms with van der Waals surface area (Å²) in [5.41, 5.74) is 14.5. The van der Waals surface area contributed by atoms with Crippen molar-refractivity contribution in [2.45, 2.75) is 164 Å². The molecule has 7 aromatic carbocycles. The van der Waals surface area contributed by atoms with Gasteiger partial charge < -0.3 is 55.8 Å². The molecule has 6 aromatic heterocycles. The van der Waals surface area contributed by atoms with Crippen molar-refractivity contribution in [3.8, 4) is 11.4 Å². The van der Waals surface area contributed by atoms with E-state index < -0.39 is 0 Å². The second kappa shape index (κ2) is 40.4. The van der Waals surface area contributed by atoms with E-state index in [0.29, 0.717) is 25.4 Å². The minimum absolute atomic E-state index is 0.0730. The average molecular weight is 1360 g/mol. The zero-order valence-electron chi connectivity index (χ0n) is 60.6. The maximum absolute atomic E-state index is 5.96. The van der Waals surface area contributed by atoms with E-state index in [1.807, 2.05) is 150 Å². The average Bonchev–Trinajstić information content (AvgIpc) is 1.65. The number of imidazole rings is 6. The lowest BCUT2D eigenvalue weighted by Crippen LogP contribution is -2.21. The molecule has 0 atom stereocenters. The number of nitrogens with zero attached hydrogens (tertiary/aromatic N) is 12. The Morgan fingerprint density at radius 3 is 1.26 bits per heavy atom. The molecule has 0 amide bonds. The predicted molar refractivity (Wildman–Crippen MR) is 407 cm³/mol. The van der Waals surface area contributed by atoms with Crippen LogP contribution in [0.5, 0.6) is 0 Å². The smallest absolute Gasteiger partial charge is 0.141 e. The van der Waals surface area contributed by atoms with E-state index in [1.165, 1.54) is 59.7 Å². The van der Waals surface area contributed by atoms with Crippen molar-refractivity contribution < 1.29 is 28.4 Å². The van der Waals surface area contributed by atoms with Crippen LogP contribution in [0.1, 0.15) is 107 Å². The van der Waals surface area contributed by atoms with Crippen LogP contribution in [0.4, 0.5) is 0 Å². The molecular weight excluding hydrogens is 1250 g/mol. The molecule has 1 fully saturated rings. The van der Waals surface area contributed by atoms with Crippen molar-refractivity contribution in [1.29, 1.82) is 0 Å². The lowest BCUT2D eigenvalue weighted by Gasteiger charge is -2.22. The molecule has 18 nitrogen and oxygen atoms in total. The van der Waals surface area contributed by atoms with Crippen LogP contribution >= 0.6 is 0 Å². The van der Waals surface area contributed by atoms with Gasteiger partial charge >= 0.3 is 0 Å². The van der Waals surface area contributed by atoms with Gasteiger partial charge in [0.05, 0.1) is 149 Å². The Kier molecular flexibility index (Phi) is 30.4. The van der Waals surface area contributed by atoms with Gasteiger partial charge in [0.2, 0.25) is 0 Å². The van der Waals surface area contributed by atoms with E-state index in [2.05, 4.69) is 166 Å². The van der Waals surface area contributed by atoms with Gasteiger partial charge in [-0.05, 0) is 141 Å². The summed E-state index contributed by atoms with van der Waals surface area (Å²) in [5, 5.41) is 0. The van der Waals surface area contributed by atoms with Crippen LogP contribution in [-0.4, -0.2) is 135 Å². The second-order valence-electron chi connectivity index (χ2n) is 25.7. The molecular formula is C82H106N12O6. The molecule has 1 aliphatic rings. The molecule has 0 bridgehead atoms. The second-order valence-corrected chi connectivity index (χ2v) is 25.7. The van der Waals surface area contributed by atoms with Gasteiger partial charge in [0.1, 0.15) is 11.6 Å². The van der Waals surface area contributed by atoms with Crippen molar-refractivity contribution >= 4 is 66.2 Å². The summed E-state index contributed by atoms with van der Waals surface area (Å²) in [6.45, 7) is 30.6. The van der Waals surface area contributed by atoms with Gasteiger partial charge in [0.25, 0.3) is 0 Å². The molecule has 6 heterocycles. The third-order valence-electron chi connectivity index (χ3n) is 16.9. The van der Waals surface area contributed by atoms with Gasteiger partial charge in [0, 0.05) is 71.1 Å². The fraction of sp³-hybridized carbons (Fsp3) is 0.415. The largest absolute Gasteiger partial charge is 0.380 e. The third-order valence-corrected chi connectivity index (χ3v) is 16.9. The number of hydrogen-bond acceptors (Lipinski definition) is 12. The van der Waals surface area contributed by atoms with Gasteiger partial charge in [-0.15, -0.1) is 0 Å².